The van der Waals surface area contributed by atoms with Gasteiger partial charge in [-0.05, 0) is 6.07 Å². The van der Waals surface area contributed by atoms with E-state index in [0.29, 0.717) is 24.6 Å². The normalized spacial score (nSPS) is 12.9. The van der Waals surface area contributed by atoms with E-state index in [9.17, 15) is 5.11 Å². The van der Waals surface area contributed by atoms with E-state index in [2.05, 4.69) is 10.3 Å². The molecule has 2 heterocycles. The number of fused-ring (bicyclic) bond motifs is 1. The van der Waals surface area contributed by atoms with Gasteiger partial charge >= 0.3 is 0 Å². The first-order valence-corrected chi connectivity index (χ1v) is 6.02. The van der Waals surface area contributed by atoms with E-state index >= 15 is 0 Å². The molecule has 2 N–H and O–H groups in total. The van der Waals surface area contributed by atoms with E-state index in [0.717, 1.165) is 11.4 Å². The number of imidazole rings is 1. The second-order valence-corrected chi connectivity index (χ2v) is 4.39. The van der Waals surface area contributed by atoms with E-state index in [1.807, 2.05) is 17.8 Å². The second-order valence-electron chi connectivity index (χ2n) is 4.39. The maximum Gasteiger partial charge on any atom is 0.231 e. The molecule has 2 aromatic rings. The number of nitrogens with zero attached hydrogens (tertiary/aromatic N) is 2. The molecule has 6 nitrogen and oxygen atoms in total. The lowest BCUT2D eigenvalue weighted by Crippen LogP contribution is -2.15. The molecule has 1 aliphatic rings. The fourth-order valence-electron chi connectivity index (χ4n) is 1.99. The van der Waals surface area contributed by atoms with Crippen LogP contribution < -0.4 is 14.8 Å². The average molecular weight is 261 g/mol. The third-order valence-corrected chi connectivity index (χ3v) is 3.09. The molecule has 0 fully saturated rings. The zero-order chi connectivity index (χ0) is 13.2. The van der Waals surface area contributed by atoms with Crippen LogP contribution in [0.3, 0.4) is 0 Å². The summed E-state index contributed by atoms with van der Waals surface area (Å²) in [5.41, 5.74) is 0.776. The maximum absolute atomic E-state index is 9.89. The summed E-state index contributed by atoms with van der Waals surface area (Å²) in [4.78, 5) is 4.22. The molecule has 0 bridgehead atoms. The minimum atomic E-state index is 0.205. The van der Waals surface area contributed by atoms with Crippen molar-refractivity contribution in [1.82, 2.24) is 14.9 Å². The number of hydrogen-bond donors (Lipinski definition) is 2. The van der Waals surface area contributed by atoms with Crippen LogP contribution in [0.5, 0.6) is 17.2 Å². The Morgan fingerprint density at radius 1 is 1.32 bits per heavy atom. The van der Waals surface area contributed by atoms with Gasteiger partial charge in [0, 0.05) is 37.6 Å². The summed E-state index contributed by atoms with van der Waals surface area (Å²) >= 11 is 0. The molecular weight excluding hydrogens is 246 g/mol. The topological polar surface area (TPSA) is 68.5 Å². The van der Waals surface area contributed by atoms with Gasteiger partial charge in [-0.2, -0.15) is 0 Å². The van der Waals surface area contributed by atoms with E-state index in [4.69, 9.17) is 9.47 Å². The van der Waals surface area contributed by atoms with E-state index in [-0.39, 0.29) is 12.5 Å². The Labute approximate surface area is 110 Å². The minimum absolute atomic E-state index is 0.205. The zero-order valence-electron chi connectivity index (χ0n) is 10.6. The largest absolute Gasteiger partial charge is 0.507 e. The SMILES string of the molecule is Cn1ccnc1CNCc1cc2c(cc1O)OCO2. The summed E-state index contributed by atoms with van der Waals surface area (Å²) < 4.78 is 12.4. The van der Waals surface area contributed by atoms with Crippen LogP contribution in [0, 0.1) is 0 Å². The highest BCUT2D eigenvalue weighted by atomic mass is 16.7. The van der Waals surface area contributed by atoms with Crippen LogP contribution in [0.25, 0.3) is 0 Å². The van der Waals surface area contributed by atoms with E-state index in [1.165, 1.54) is 0 Å². The maximum atomic E-state index is 9.89. The van der Waals surface area contributed by atoms with Gasteiger partial charge in [-0.15, -0.1) is 0 Å². The Morgan fingerprint density at radius 3 is 2.84 bits per heavy atom. The van der Waals surface area contributed by atoms with Crippen molar-refractivity contribution in [3.63, 3.8) is 0 Å². The molecule has 19 heavy (non-hydrogen) atoms. The highest BCUT2D eigenvalue weighted by molar-refractivity contribution is 5.51. The van der Waals surface area contributed by atoms with E-state index < -0.39 is 0 Å². The fourth-order valence-corrected chi connectivity index (χ4v) is 1.99. The van der Waals surface area contributed by atoms with Crippen molar-refractivity contribution in [2.45, 2.75) is 13.1 Å². The monoisotopic (exact) mass is 261 g/mol. The van der Waals surface area contributed by atoms with Crippen LogP contribution in [0.15, 0.2) is 24.5 Å². The van der Waals surface area contributed by atoms with Gasteiger partial charge in [-0.25, -0.2) is 4.98 Å². The average Bonchev–Trinajstić information content (AvgIpc) is 2.99. The van der Waals surface area contributed by atoms with Gasteiger partial charge < -0.3 is 24.5 Å². The summed E-state index contributed by atoms with van der Waals surface area (Å²) in [6, 6.07) is 3.38. The molecule has 0 unspecified atom stereocenters. The first kappa shape index (κ1) is 11.9. The number of hydrogen-bond acceptors (Lipinski definition) is 5. The lowest BCUT2D eigenvalue weighted by Gasteiger charge is -2.08. The summed E-state index contributed by atoms with van der Waals surface area (Å²) in [7, 11) is 1.95. The molecule has 0 spiro atoms. The van der Waals surface area contributed by atoms with Crippen molar-refractivity contribution in [2.24, 2.45) is 7.05 Å². The van der Waals surface area contributed by atoms with Gasteiger partial charge in [0.05, 0.1) is 6.54 Å². The number of aromatic nitrogens is 2. The third kappa shape index (κ3) is 2.34. The summed E-state index contributed by atoms with van der Waals surface area (Å²) in [6.07, 6.45) is 3.66. The Kier molecular flexibility index (Phi) is 3.00. The molecule has 0 radical (unpaired) electrons. The Morgan fingerprint density at radius 2 is 2.11 bits per heavy atom. The fraction of sp³-hybridized carbons (Fsp3) is 0.308. The first-order valence-electron chi connectivity index (χ1n) is 6.02. The number of aromatic hydroxyl groups is 1. The number of phenolic OH excluding ortho intramolecular Hbond substituents is 1. The molecule has 1 aromatic carbocycles. The first-order chi connectivity index (χ1) is 9.24. The van der Waals surface area contributed by atoms with Gasteiger partial charge in [0.1, 0.15) is 11.6 Å². The molecular formula is C13H15N3O3. The highest BCUT2D eigenvalue weighted by Crippen LogP contribution is 2.37. The number of aryl methyl sites for hydroxylation is 1. The lowest BCUT2D eigenvalue weighted by atomic mass is 10.1. The Hall–Kier alpha value is -2.21. The summed E-state index contributed by atoms with van der Waals surface area (Å²) in [5, 5.41) is 13.1. The molecule has 0 saturated heterocycles. The smallest absolute Gasteiger partial charge is 0.231 e. The van der Waals surface area contributed by atoms with Crippen molar-refractivity contribution in [2.75, 3.05) is 6.79 Å². The Bertz CT molecular complexity index is 595. The van der Waals surface area contributed by atoms with Crippen LogP contribution in [0.4, 0.5) is 0 Å². The summed E-state index contributed by atoms with van der Waals surface area (Å²) in [5.74, 6) is 2.41. The predicted molar refractivity (Wildman–Crippen MR) is 68.0 cm³/mol. The number of ether oxygens (including phenoxy) is 2. The van der Waals surface area contributed by atoms with Crippen molar-refractivity contribution in [1.29, 1.82) is 0 Å². The molecule has 1 aliphatic heterocycles. The van der Waals surface area contributed by atoms with Gasteiger partial charge in [0.25, 0.3) is 0 Å². The van der Waals surface area contributed by atoms with Crippen molar-refractivity contribution >= 4 is 0 Å². The zero-order valence-corrected chi connectivity index (χ0v) is 10.6. The van der Waals surface area contributed by atoms with Crippen molar-refractivity contribution < 1.29 is 14.6 Å². The van der Waals surface area contributed by atoms with Crippen molar-refractivity contribution in [3.05, 3.63) is 35.9 Å². The van der Waals surface area contributed by atoms with Crippen LogP contribution in [0.2, 0.25) is 0 Å². The molecule has 3 rings (SSSR count). The van der Waals surface area contributed by atoms with Crippen LogP contribution >= 0.6 is 0 Å². The minimum Gasteiger partial charge on any atom is -0.507 e. The third-order valence-electron chi connectivity index (χ3n) is 3.09. The van der Waals surface area contributed by atoms with Crippen LogP contribution in [-0.4, -0.2) is 21.5 Å². The molecule has 6 heteroatoms. The lowest BCUT2D eigenvalue weighted by molar-refractivity contribution is 0.174. The highest BCUT2D eigenvalue weighted by Gasteiger charge is 2.16. The molecule has 0 amide bonds. The van der Waals surface area contributed by atoms with Gasteiger partial charge in [-0.1, -0.05) is 0 Å². The van der Waals surface area contributed by atoms with Gasteiger partial charge in [-0.3, -0.25) is 0 Å². The second kappa shape index (κ2) is 4.81. The Balaban J connectivity index is 1.66. The predicted octanol–water partition coefficient (Wildman–Crippen LogP) is 1.14. The molecule has 1 aromatic heterocycles. The number of nitrogens with one attached hydrogen (secondary N) is 1. The van der Waals surface area contributed by atoms with Crippen LogP contribution in [-0.2, 0) is 20.1 Å². The molecule has 0 atom stereocenters. The van der Waals surface area contributed by atoms with Crippen LogP contribution in [0.1, 0.15) is 11.4 Å². The quantitative estimate of drug-likeness (QED) is 0.864. The number of phenols is 1. The standard InChI is InChI=1S/C13H15N3O3/c1-16-3-2-15-13(16)7-14-6-9-4-11-12(5-10(9)17)19-8-18-11/h2-5,14,17H,6-8H2,1H3. The van der Waals surface area contributed by atoms with Gasteiger partial charge in [0.2, 0.25) is 6.79 Å². The number of benzene rings is 1. The molecule has 0 aliphatic carbocycles. The van der Waals surface area contributed by atoms with E-state index in [1.54, 1.807) is 18.3 Å². The summed E-state index contributed by atoms with van der Waals surface area (Å²) in [6.45, 7) is 1.38. The molecule has 0 saturated carbocycles. The number of rotatable bonds is 4. The van der Waals surface area contributed by atoms with Crippen molar-refractivity contribution in [3.8, 4) is 17.2 Å². The molecule has 100 valence electrons. The van der Waals surface area contributed by atoms with Gasteiger partial charge in [0.15, 0.2) is 11.5 Å².